The molecule has 0 unspecified atom stereocenters. The van der Waals surface area contributed by atoms with E-state index in [9.17, 15) is 4.79 Å². The second-order valence-corrected chi connectivity index (χ2v) is 3.97. The molecule has 0 radical (unpaired) electrons. The first kappa shape index (κ1) is 11.4. The molecule has 90 valence electrons. The van der Waals surface area contributed by atoms with Gasteiger partial charge in [0.1, 0.15) is 0 Å². The van der Waals surface area contributed by atoms with Gasteiger partial charge in [-0.25, -0.2) is 4.98 Å². The zero-order valence-corrected chi connectivity index (χ0v) is 9.75. The molecule has 1 atom stereocenters. The highest BCUT2D eigenvalue weighted by atomic mass is 16.5. The van der Waals surface area contributed by atoms with Crippen LogP contribution in [0.25, 0.3) is 0 Å². The Morgan fingerprint density at radius 3 is 3.06 bits per heavy atom. The van der Waals surface area contributed by atoms with E-state index >= 15 is 0 Å². The molecule has 2 aromatic rings. The van der Waals surface area contributed by atoms with Crippen molar-refractivity contribution in [2.24, 2.45) is 0 Å². The number of imidazole rings is 1. The lowest BCUT2D eigenvalue weighted by Gasteiger charge is -2.12. The predicted octanol–water partition coefficient (Wildman–Crippen LogP) is 0.998. The molecule has 0 fully saturated rings. The summed E-state index contributed by atoms with van der Waals surface area (Å²) in [6, 6.07) is 1.60. The fourth-order valence-corrected chi connectivity index (χ4v) is 1.52. The SMILES string of the molecule is Cc1cc(C(=O)N[C@@H](C)Cn2ccnc2)on1. The summed E-state index contributed by atoms with van der Waals surface area (Å²) in [6.07, 6.45) is 5.26. The van der Waals surface area contributed by atoms with Crippen LogP contribution in [0.15, 0.2) is 29.3 Å². The standard InChI is InChI=1S/C11H14N4O2/c1-8-5-10(17-14-8)11(16)13-9(2)6-15-4-3-12-7-15/h3-5,7,9H,6H2,1-2H3,(H,13,16)/t9-/m0/s1. The Hall–Kier alpha value is -2.11. The Morgan fingerprint density at radius 2 is 2.47 bits per heavy atom. The second-order valence-electron chi connectivity index (χ2n) is 3.97. The van der Waals surface area contributed by atoms with E-state index in [2.05, 4.69) is 15.5 Å². The Balaban J connectivity index is 1.90. The highest BCUT2D eigenvalue weighted by Gasteiger charge is 2.14. The van der Waals surface area contributed by atoms with E-state index in [0.29, 0.717) is 12.2 Å². The number of carbonyl (C=O) groups excluding carboxylic acids is 1. The van der Waals surface area contributed by atoms with Crippen LogP contribution in [-0.2, 0) is 6.54 Å². The molecule has 0 saturated carbocycles. The topological polar surface area (TPSA) is 73.0 Å². The number of nitrogens with one attached hydrogen (secondary N) is 1. The van der Waals surface area contributed by atoms with E-state index < -0.39 is 0 Å². The summed E-state index contributed by atoms with van der Waals surface area (Å²) in [5, 5.41) is 6.50. The molecular weight excluding hydrogens is 220 g/mol. The van der Waals surface area contributed by atoms with Gasteiger partial charge in [0, 0.05) is 31.0 Å². The Kier molecular flexibility index (Phi) is 3.22. The molecule has 2 heterocycles. The van der Waals surface area contributed by atoms with Gasteiger partial charge < -0.3 is 14.4 Å². The van der Waals surface area contributed by atoms with Gasteiger partial charge >= 0.3 is 0 Å². The smallest absolute Gasteiger partial charge is 0.290 e. The van der Waals surface area contributed by atoms with Crippen molar-refractivity contribution in [1.82, 2.24) is 20.0 Å². The number of carbonyl (C=O) groups is 1. The third-order valence-electron chi connectivity index (χ3n) is 2.27. The number of rotatable bonds is 4. The van der Waals surface area contributed by atoms with Crippen LogP contribution >= 0.6 is 0 Å². The first-order chi connectivity index (χ1) is 8.15. The molecule has 0 aliphatic carbocycles. The number of amides is 1. The van der Waals surface area contributed by atoms with Gasteiger partial charge in [-0.3, -0.25) is 4.79 Å². The summed E-state index contributed by atoms with van der Waals surface area (Å²) in [6.45, 7) is 4.36. The van der Waals surface area contributed by atoms with Crippen molar-refractivity contribution in [3.8, 4) is 0 Å². The van der Waals surface area contributed by atoms with Crippen LogP contribution < -0.4 is 5.32 Å². The molecule has 0 spiro atoms. The number of hydrogen-bond acceptors (Lipinski definition) is 4. The molecule has 2 aromatic heterocycles. The molecule has 0 saturated heterocycles. The van der Waals surface area contributed by atoms with E-state index in [0.717, 1.165) is 0 Å². The Bertz CT molecular complexity index is 489. The Morgan fingerprint density at radius 1 is 1.65 bits per heavy atom. The van der Waals surface area contributed by atoms with Crippen LogP contribution in [0.1, 0.15) is 23.2 Å². The second kappa shape index (κ2) is 4.82. The molecule has 6 nitrogen and oxygen atoms in total. The van der Waals surface area contributed by atoms with Crippen molar-refractivity contribution in [3.63, 3.8) is 0 Å². The molecule has 2 rings (SSSR count). The van der Waals surface area contributed by atoms with Crippen LogP contribution in [0.3, 0.4) is 0 Å². The quantitative estimate of drug-likeness (QED) is 0.856. The largest absolute Gasteiger partial charge is 0.351 e. The van der Waals surface area contributed by atoms with E-state index in [1.54, 1.807) is 25.5 Å². The number of hydrogen-bond donors (Lipinski definition) is 1. The van der Waals surface area contributed by atoms with Crippen molar-refractivity contribution in [3.05, 3.63) is 36.2 Å². The van der Waals surface area contributed by atoms with Crippen LogP contribution in [0, 0.1) is 6.92 Å². The number of aryl methyl sites for hydroxylation is 1. The summed E-state index contributed by atoms with van der Waals surface area (Å²) in [5.41, 5.74) is 0.692. The number of aromatic nitrogens is 3. The average Bonchev–Trinajstić information content (AvgIpc) is 2.89. The van der Waals surface area contributed by atoms with Gasteiger partial charge in [0.15, 0.2) is 0 Å². The van der Waals surface area contributed by atoms with Gasteiger partial charge in [0.25, 0.3) is 5.91 Å². The van der Waals surface area contributed by atoms with Gasteiger partial charge in [0.2, 0.25) is 5.76 Å². The van der Waals surface area contributed by atoms with Crippen molar-refractivity contribution < 1.29 is 9.32 Å². The molecule has 6 heteroatoms. The van der Waals surface area contributed by atoms with Gasteiger partial charge in [-0.05, 0) is 13.8 Å². The van der Waals surface area contributed by atoms with Gasteiger partial charge in [-0.2, -0.15) is 0 Å². The van der Waals surface area contributed by atoms with E-state index in [1.165, 1.54) is 0 Å². The average molecular weight is 234 g/mol. The summed E-state index contributed by atoms with van der Waals surface area (Å²) >= 11 is 0. The van der Waals surface area contributed by atoms with Crippen molar-refractivity contribution in [1.29, 1.82) is 0 Å². The summed E-state index contributed by atoms with van der Waals surface area (Å²) in [7, 11) is 0. The molecule has 0 aliphatic rings. The summed E-state index contributed by atoms with van der Waals surface area (Å²) in [5.74, 6) is -0.0156. The number of nitrogens with zero attached hydrogens (tertiary/aromatic N) is 3. The minimum atomic E-state index is -0.252. The summed E-state index contributed by atoms with van der Waals surface area (Å²) in [4.78, 5) is 15.7. The van der Waals surface area contributed by atoms with Gasteiger partial charge in [0.05, 0.1) is 12.0 Å². The van der Waals surface area contributed by atoms with E-state index in [4.69, 9.17) is 4.52 Å². The fraction of sp³-hybridized carbons (Fsp3) is 0.364. The van der Waals surface area contributed by atoms with Gasteiger partial charge in [-0.15, -0.1) is 0 Å². The normalized spacial score (nSPS) is 12.4. The molecule has 0 aromatic carbocycles. The first-order valence-corrected chi connectivity index (χ1v) is 5.35. The zero-order chi connectivity index (χ0) is 12.3. The highest BCUT2D eigenvalue weighted by molar-refractivity contribution is 5.91. The van der Waals surface area contributed by atoms with E-state index in [1.807, 2.05) is 17.7 Å². The monoisotopic (exact) mass is 234 g/mol. The molecule has 17 heavy (non-hydrogen) atoms. The van der Waals surface area contributed by atoms with Crippen LogP contribution in [0.2, 0.25) is 0 Å². The highest BCUT2D eigenvalue weighted by Crippen LogP contribution is 2.02. The van der Waals surface area contributed by atoms with Crippen LogP contribution in [0.4, 0.5) is 0 Å². The maximum atomic E-state index is 11.7. The lowest BCUT2D eigenvalue weighted by atomic mass is 10.3. The predicted molar refractivity (Wildman–Crippen MR) is 60.4 cm³/mol. The van der Waals surface area contributed by atoms with E-state index in [-0.39, 0.29) is 17.7 Å². The first-order valence-electron chi connectivity index (χ1n) is 5.35. The minimum Gasteiger partial charge on any atom is -0.351 e. The maximum Gasteiger partial charge on any atom is 0.290 e. The summed E-state index contributed by atoms with van der Waals surface area (Å²) < 4.78 is 6.78. The molecule has 1 N–H and O–H groups in total. The molecular formula is C11H14N4O2. The zero-order valence-electron chi connectivity index (χ0n) is 9.75. The molecule has 1 amide bonds. The van der Waals surface area contributed by atoms with Crippen LogP contribution in [0.5, 0.6) is 0 Å². The third kappa shape index (κ3) is 2.93. The Labute approximate surface area is 98.6 Å². The van der Waals surface area contributed by atoms with Crippen molar-refractivity contribution in [2.75, 3.05) is 0 Å². The molecule has 0 bridgehead atoms. The molecule has 0 aliphatic heterocycles. The third-order valence-corrected chi connectivity index (χ3v) is 2.27. The maximum absolute atomic E-state index is 11.7. The van der Waals surface area contributed by atoms with Gasteiger partial charge in [-0.1, -0.05) is 5.16 Å². The van der Waals surface area contributed by atoms with Crippen molar-refractivity contribution >= 4 is 5.91 Å². The van der Waals surface area contributed by atoms with Crippen LogP contribution in [-0.4, -0.2) is 26.7 Å². The van der Waals surface area contributed by atoms with Crippen molar-refractivity contribution in [2.45, 2.75) is 26.4 Å². The lowest BCUT2D eigenvalue weighted by Crippen LogP contribution is -2.35. The minimum absolute atomic E-state index is 0.0119. The lowest BCUT2D eigenvalue weighted by molar-refractivity contribution is 0.0899. The fourth-order valence-electron chi connectivity index (χ4n) is 1.52.